The molecule has 0 saturated carbocycles. The van der Waals surface area contributed by atoms with E-state index in [-0.39, 0.29) is 5.75 Å². The third-order valence-corrected chi connectivity index (χ3v) is 2.19. The Morgan fingerprint density at radius 3 is 2.75 bits per heavy atom. The largest absolute Gasteiger partial charge is 0.435 e. The molecule has 1 aromatic carbocycles. The van der Waals surface area contributed by atoms with Crippen LogP contribution in [0.4, 0.5) is 8.78 Å². The lowest BCUT2D eigenvalue weighted by Crippen LogP contribution is -2.01. The van der Waals surface area contributed by atoms with E-state index in [1.165, 1.54) is 12.1 Å². The van der Waals surface area contributed by atoms with E-state index in [9.17, 15) is 8.78 Å². The first-order chi connectivity index (χ1) is 7.65. The molecule has 0 aliphatic rings. The Morgan fingerprint density at radius 1 is 1.31 bits per heavy atom. The predicted molar refractivity (Wildman–Crippen MR) is 58.0 cm³/mol. The van der Waals surface area contributed by atoms with Crippen LogP contribution in [0.15, 0.2) is 30.5 Å². The molecule has 6 heteroatoms. The predicted octanol–water partition coefficient (Wildman–Crippen LogP) is 3.34. The number of alkyl halides is 2. The Kier molecular flexibility index (Phi) is 3.00. The Hall–Kier alpha value is -1.69. The molecule has 0 spiro atoms. The van der Waals surface area contributed by atoms with Crippen LogP contribution in [0.1, 0.15) is 0 Å². The fourth-order valence-corrected chi connectivity index (χ4v) is 1.50. The van der Waals surface area contributed by atoms with Crippen molar-refractivity contribution in [2.75, 3.05) is 0 Å². The highest BCUT2D eigenvalue weighted by molar-refractivity contribution is 7.71. The summed E-state index contributed by atoms with van der Waals surface area (Å²) in [6.45, 7) is -2.82. The van der Waals surface area contributed by atoms with Crippen LogP contribution >= 0.6 is 12.2 Å². The van der Waals surface area contributed by atoms with Crippen LogP contribution in [0, 0.1) is 4.77 Å². The molecule has 2 rings (SSSR count). The molecule has 0 amide bonds. The quantitative estimate of drug-likeness (QED) is 0.810. The van der Waals surface area contributed by atoms with E-state index in [4.69, 9.17) is 12.2 Å². The zero-order valence-corrected chi connectivity index (χ0v) is 8.85. The maximum Gasteiger partial charge on any atom is 0.387 e. The van der Waals surface area contributed by atoms with Crippen molar-refractivity contribution >= 4 is 12.2 Å². The van der Waals surface area contributed by atoms with Crippen molar-refractivity contribution in [3.63, 3.8) is 0 Å². The number of nitrogens with one attached hydrogen (secondary N) is 2. The summed E-state index contributed by atoms with van der Waals surface area (Å²) < 4.78 is 28.8. The number of aromatic amines is 2. The topological polar surface area (TPSA) is 40.8 Å². The SMILES string of the molecule is FC(F)Oc1cccc(-c2c[nH]c(=S)[nH]2)c1. The second-order valence-corrected chi connectivity index (χ2v) is 3.47. The van der Waals surface area contributed by atoms with E-state index in [1.54, 1.807) is 18.3 Å². The Balaban J connectivity index is 2.32. The first-order valence-electron chi connectivity index (χ1n) is 4.48. The summed E-state index contributed by atoms with van der Waals surface area (Å²) >= 11 is 4.87. The van der Waals surface area contributed by atoms with Crippen molar-refractivity contribution in [3.8, 4) is 17.0 Å². The summed E-state index contributed by atoms with van der Waals surface area (Å²) in [6, 6.07) is 6.39. The van der Waals surface area contributed by atoms with Gasteiger partial charge in [0.05, 0.1) is 5.69 Å². The smallest absolute Gasteiger partial charge is 0.387 e. The number of rotatable bonds is 3. The Labute approximate surface area is 95.1 Å². The first-order valence-corrected chi connectivity index (χ1v) is 4.89. The minimum Gasteiger partial charge on any atom is -0.435 e. The summed E-state index contributed by atoms with van der Waals surface area (Å²) in [5, 5.41) is 0. The number of benzene rings is 1. The molecular formula is C10H8F2N2OS. The molecule has 1 aromatic heterocycles. The summed E-state index contributed by atoms with van der Waals surface area (Å²) in [7, 11) is 0. The van der Waals surface area contributed by atoms with E-state index in [2.05, 4.69) is 14.7 Å². The van der Waals surface area contributed by atoms with Crippen molar-refractivity contribution in [1.82, 2.24) is 9.97 Å². The average Bonchev–Trinajstić information content (AvgIpc) is 2.64. The second-order valence-electron chi connectivity index (χ2n) is 3.06. The number of ether oxygens (including phenoxy) is 1. The molecule has 0 aliphatic heterocycles. The maximum atomic E-state index is 12.0. The molecule has 0 fully saturated rings. The van der Waals surface area contributed by atoms with E-state index in [1.807, 2.05) is 0 Å². The molecule has 0 aliphatic carbocycles. The molecule has 2 N–H and O–H groups in total. The van der Waals surface area contributed by atoms with Crippen LogP contribution in [0.2, 0.25) is 0 Å². The summed E-state index contributed by atoms with van der Waals surface area (Å²) in [5.41, 5.74) is 1.45. The van der Waals surface area contributed by atoms with E-state index in [0.29, 0.717) is 4.77 Å². The third-order valence-electron chi connectivity index (χ3n) is 1.97. The number of H-pyrrole nitrogens is 2. The highest BCUT2D eigenvalue weighted by Gasteiger charge is 2.06. The summed E-state index contributed by atoms with van der Waals surface area (Å²) in [5.74, 6) is 0.119. The van der Waals surface area contributed by atoms with Crippen LogP contribution in [-0.2, 0) is 0 Å². The van der Waals surface area contributed by atoms with Crippen LogP contribution in [0.5, 0.6) is 5.75 Å². The summed E-state index contributed by atoms with van der Waals surface area (Å²) in [4.78, 5) is 5.69. The van der Waals surface area contributed by atoms with Gasteiger partial charge in [-0.1, -0.05) is 12.1 Å². The molecule has 0 bridgehead atoms. The molecule has 16 heavy (non-hydrogen) atoms. The van der Waals surface area contributed by atoms with E-state index in [0.717, 1.165) is 11.3 Å². The zero-order chi connectivity index (χ0) is 11.5. The van der Waals surface area contributed by atoms with Crippen molar-refractivity contribution in [1.29, 1.82) is 0 Å². The second kappa shape index (κ2) is 4.44. The molecule has 0 atom stereocenters. The van der Waals surface area contributed by atoms with E-state index < -0.39 is 6.61 Å². The van der Waals surface area contributed by atoms with Gasteiger partial charge in [0, 0.05) is 11.8 Å². The lowest BCUT2D eigenvalue weighted by molar-refractivity contribution is -0.0498. The number of imidazole rings is 1. The fourth-order valence-electron chi connectivity index (χ4n) is 1.33. The highest BCUT2D eigenvalue weighted by atomic mass is 32.1. The van der Waals surface area contributed by atoms with Gasteiger partial charge >= 0.3 is 6.61 Å². The number of halogens is 2. The highest BCUT2D eigenvalue weighted by Crippen LogP contribution is 2.22. The van der Waals surface area contributed by atoms with Crippen LogP contribution in [0.25, 0.3) is 11.3 Å². The monoisotopic (exact) mass is 242 g/mol. The lowest BCUT2D eigenvalue weighted by atomic mass is 10.1. The minimum atomic E-state index is -2.82. The van der Waals surface area contributed by atoms with Gasteiger partial charge in [0.15, 0.2) is 4.77 Å². The standard InChI is InChI=1S/C10H8F2N2OS/c11-9(12)15-7-3-1-2-6(4-7)8-5-13-10(16)14-8/h1-5,9H,(H2,13,14,16). The van der Waals surface area contributed by atoms with Gasteiger partial charge in [-0.15, -0.1) is 0 Å². The van der Waals surface area contributed by atoms with Gasteiger partial charge in [-0.2, -0.15) is 8.78 Å². The van der Waals surface area contributed by atoms with Gasteiger partial charge in [0.1, 0.15) is 5.75 Å². The average molecular weight is 242 g/mol. The molecule has 1 heterocycles. The molecule has 2 aromatic rings. The van der Waals surface area contributed by atoms with Crippen LogP contribution < -0.4 is 4.74 Å². The fraction of sp³-hybridized carbons (Fsp3) is 0.100. The molecule has 3 nitrogen and oxygen atoms in total. The molecular weight excluding hydrogens is 234 g/mol. The lowest BCUT2D eigenvalue weighted by Gasteiger charge is -2.05. The van der Waals surface area contributed by atoms with Crippen molar-refractivity contribution < 1.29 is 13.5 Å². The van der Waals surface area contributed by atoms with Gasteiger partial charge in [0.25, 0.3) is 0 Å². The van der Waals surface area contributed by atoms with Crippen molar-refractivity contribution in [2.24, 2.45) is 0 Å². The van der Waals surface area contributed by atoms with Crippen molar-refractivity contribution in [2.45, 2.75) is 6.61 Å². The van der Waals surface area contributed by atoms with Crippen LogP contribution in [0.3, 0.4) is 0 Å². The minimum absolute atomic E-state index is 0.119. The van der Waals surface area contributed by atoms with Gasteiger partial charge in [-0.05, 0) is 24.4 Å². The van der Waals surface area contributed by atoms with Crippen molar-refractivity contribution in [3.05, 3.63) is 35.2 Å². The zero-order valence-electron chi connectivity index (χ0n) is 8.04. The Morgan fingerprint density at radius 2 is 2.12 bits per heavy atom. The Bertz CT molecular complexity index is 535. The van der Waals surface area contributed by atoms with Gasteiger partial charge in [-0.25, -0.2) is 0 Å². The van der Waals surface area contributed by atoms with Gasteiger partial charge in [0.2, 0.25) is 0 Å². The third kappa shape index (κ3) is 2.46. The number of aromatic nitrogens is 2. The van der Waals surface area contributed by atoms with Gasteiger partial charge in [-0.3, -0.25) is 0 Å². The summed E-state index contributed by atoms with van der Waals surface area (Å²) in [6.07, 6.45) is 1.67. The first kappa shape index (κ1) is 10.8. The molecule has 0 saturated heterocycles. The maximum absolute atomic E-state index is 12.0. The molecule has 0 radical (unpaired) electrons. The molecule has 84 valence electrons. The molecule has 0 unspecified atom stereocenters. The van der Waals surface area contributed by atoms with Crippen LogP contribution in [-0.4, -0.2) is 16.6 Å². The normalized spacial score (nSPS) is 10.7. The number of hydrogen-bond acceptors (Lipinski definition) is 2. The van der Waals surface area contributed by atoms with Gasteiger partial charge < -0.3 is 14.7 Å². The van der Waals surface area contributed by atoms with E-state index >= 15 is 0 Å². The number of hydrogen-bond donors (Lipinski definition) is 2.